The monoisotopic (exact) mass is 156 g/mol. The summed E-state index contributed by atoms with van der Waals surface area (Å²) in [6.45, 7) is 7.07. The average molecular weight is 156 g/mol. The highest BCUT2D eigenvalue weighted by Gasteiger charge is 2.28. The molecule has 0 bridgehead atoms. The van der Waals surface area contributed by atoms with E-state index >= 15 is 0 Å². The molecule has 64 valence electrons. The van der Waals surface area contributed by atoms with Crippen molar-refractivity contribution in [1.82, 2.24) is 9.80 Å². The Hall–Kier alpha value is -0.570. The van der Waals surface area contributed by atoms with Crippen LogP contribution < -0.4 is 0 Å². The van der Waals surface area contributed by atoms with Gasteiger partial charge in [0.15, 0.2) is 0 Å². The summed E-state index contributed by atoms with van der Waals surface area (Å²) in [4.78, 5) is 14.5. The molecule has 0 saturated carbocycles. The molecule has 11 heavy (non-hydrogen) atoms. The lowest BCUT2D eigenvalue weighted by atomic mass is 9.91. The van der Waals surface area contributed by atoms with Crippen LogP contribution in [-0.2, 0) is 4.79 Å². The van der Waals surface area contributed by atoms with Crippen molar-refractivity contribution in [1.29, 1.82) is 0 Å². The number of hydrogen-bond donors (Lipinski definition) is 0. The van der Waals surface area contributed by atoms with E-state index in [1.807, 2.05) is 11.9 Å². The molecule has 0 aromatic rings. The molecule has 0 atom stereocenters. The predicted octanol–water partition coefficient (Wildman–Crippen LogP) is 0.374. The van der Waals surface area contributed by atoms with E-state index in [1.165, 1.54) is 0 Å². The Morgan fingerprint density at radius 3 is 2.45 bits per heavy atom. The topological polar surface area (TPSA) is 23.6 Å². The smallest absolute Gasteiger partial charge is 0.210 e. The molecule has 0 spiro atoms. The minimum absolute atomic E-state index is 0.244. The second kappa shape index (κ2) is 2.81. The van der Waals surface area contributed by atoms with Gasteiger partial charge in [0.2, 0.25) is 6.41 Å². The maximum atomic E-state index is 10.5. The molecule has 1 amide bonds. The van der Waals surface area contributed by atoms with Gasteiger partial charge in [0, 0.05) is 13.1 Å². The fraction of sp³-hybridized carbons (Fsp3) is 0.875. The van der Waals surface area contributed by atoms with Crippen molar-refractivity contribution in [3.05, 3.63) is 0 Å². The third kappa shape index (κ3) is 2.19. The summed E-state index contributed by atoms with van der Waals surface area (Å²) in [7, 11) is 2.04. The Kier molecular flexibility index (Phi) is 2.18. The van der Waals surface area contributed by atoms with E-state index in [2.05, 4.69) is 18.7 Å². The number of rotatable bonds is 1. The van der Waals surface area contributed by atoms with Crippen LogP contribution in [0, 0.1) is 5.41 Å². The van der Waals surface area contributed by atoms with E-state index in [9.17, 15) is 4.79 Å². The van der Waals surface area contributed by atoms with Crippen LogP contribution in [0.4, 0.5) is 0 Å². The highest BCUT2D eigenvalue weighted by atomic mass is 16.1. The van der Waals surface area contributed by atoms with Crippen molar-refractivity contribution in [3.8, 4) is 0 Å². The van der Waals surface area contributed by atoms with E-state index in [1.54, 1.807) is 0 Å². The van der Waals surface area contributed by atoms with Gasteiger partial charge in [-0.1, -0.05) is 13.8 Å². The van der Waals surface area contributed by atoms with Gasteiger partial charge in [-0.25, -0.2) is 0 Å². The molecule has 0 radical (unpaired) electrons. The van der Waals surface area contributed by atoms with Crippen molar-refractivity contribution < 1.29 is 4.79 Å². The fourth-order valence-corrected chi connectivity index (χ4v) is 1.81. The number of hydrogen-bond acceptors (Lipinski definition) is 2. The van der Waals surface area contributed by atoms with Crippen LogP contribution in [0.2, 0.25) is 0 Å². The first kappa shape index (κ1) is 8.53. The van der Waals surface area contributed by atoms with Gasteiger partial charge in [-0.15, -0.1) is 0 Å². The summed E-state index contributed by atoms with van der Waals surface area (Å²) in [6.07, 6.45) is 0.928. The lowest BCUT2D eigenvalue weighted by Crippen LogP contribution is -2.51. The average Bonchev–Trinajstić information content (AvgIpc) is 1.83. The first-order valence-electron chi connectivity index (χ1n) is 3.91. The molecule has 1 fully saturated rings. The molecule has 1 saturated heterocycles. The summed E-state index contributed by atoms with van der Waals surface area (Å²) < 4.78 is 0. The highest BCUT2D eigenvalue weighted by molar-refractivity contribution is 5.47. The Bertz CT molecular complexity index is 156. The van der Waals surface area contributed by atoms with Crippen LogP contribution in [-0.4, -0.2) is 43.0 Å². The number of carbonyl (C=O) groups excluding carboxylic acids is 1. The van der Waals surface area contributed by atoms with Gasteiger partial charge >= 0.3 is 0 Å². The third-order valence-corrected chi connectivity index (χ3v) is 1.90. The Morgan fingerprint density at radius 2 is 2.00 bits per heavy atom. The maximum Gasteiger partial charge on any atom is 0.210 e. The molecular formula is C8H16N2O. The second-order valence-electron chi connectivity index (χ2n) is 4.17. The SMILES string of the molecule is CN1CN(C=O)CC(C)(C)C1. The quantitative estimate of drug-likeness (QED) is 0.512. The summed E-state index contributed by atoms with van der Waals surface area (Å²) in [5, 5.41) is 0. The normalized spacial score (nSPS) is 25.2. The van der Waals surface area contributed by atoms with Gasteiger partial charge in [0.1, 0.15) is 0 Å². The fourth-order valence-electron chi connectivity index (χ4n) is 1.81. The molecule has 3 heteroatoms. The van der Waals surface area contributed by atoms with Gasteiger partial charge < -0.3 is 4.90 Å². The van der Waals surface area contributed by atoms with Crippen LogP contribution in [0.3, 0.4) is 0 Å². The summed E-state index contributed by atoms with van der Waals surface area (Å²) in [6, 6.07) is 0. The van der Waals surface area contributed by atoms with Crippen molar-refractivity contribution in [2.45, 2.75) is 13.8 Å². The Morgan fingerprint density at radius 1 is 1.36 bits per heavy atom. The van der Waals surface area contributed by atoms with Crippen LogP contribution >= 0.6 is 0 Å². The maximum absolute atomic E-state index is 10.5. The zero-order valence-corrected chi connectivity index (χ0v) is 7.50. The van der Waals surface area contributed by atoms with E-state index in [4.69, 9.17) is 0 Å². The zero-order valence-electron chi connectivity index (χ0n) is 7.50. The Balaban J connectivity index is 2.57. The Labute approximate surface area is 68.0 Å². The summed E-state index contributed by atoms with van der Waals surface area (Å²) in [5.74, 6) is 0. The minimum Gasteiger partial charge on any atom is -0.332 e. The van der Waals surface area contributed by atoms with Gasteiger partial charge in [-0.2, -0.15) is 0 Å². The first-order chi connectivity index (χ1) is 5.03. The summed E-state index contributed by atoms with van der Waals surface area (Å²) >= 11 is 0. The van der Waals surface area contributed by atoms with Crippen molar-refractivity contribution in [2.75, 3.05) is 26.8 Å². The van der Waals surface area contributed by atoms with E-state index in [0.29, 0.717) is 0 Å². The molecule has 1 heterocycles. The molecule has 0 unspecified atom stereocenters. The van der Waals surface area contributed by atoms with Crippen LogP contribution in [0.5, 0.6) is 0 Å². The zero-order chi connectivity index (χ0) is 8.48. The predicted molar refractivity (Wildman–Crippen MR) is 44.0 cm³/mol. The molecule has 0 N–H and O–H groups in total. The molecule has 0 aliphatic carbocycles. The minimum atomic E-state index is 0.244. The largest absolute Gasteiger partial charge is 0.332 e. The highest BCUT2D eigenvalue weighted by Crippen LogP contribution is 2.21. The number of amides is 1. The lowest BCUT2D eigenvalue weighted by Gasteiger charge is -2.41. The molecule has 0 aromatic heterocycles. The van der Waals surface area contributed by atoms with Crippen molar-refractivity contribution in [3.63, 3.8) is 0 Å². The molecule has 1 aliphatic heterocycles. The van der Waals surface area contributed by atoms with E-state index < -0.39 is 0 Å². The van der Waals surface area contributed by atoms with Crippen molar-refractivity contribution in [2.24, 2.45) is 5.41 Å². The lowest BCUT2D eigenvalue weighted by molar-refractivity contribution is -0.124. The molecule has 1 rings (SSSR count). The van der Waals surface area contributed by atoms with Crippen molar-refractivity contribution >= 4 is 6.41 Å². The first-order valence-corrected chi connectivity index (χ1v) is 3.91. The molecule has 0 aromatic carbocycles. The molecule has 1 aliphatic rings. The standard InChI is InChI=1S/C8H16N2O/c1-8(2)4-9(3)6-10(5-8)7-11/h7H,4-6H2,1-3H3. The van der Waals surface area contributed by atoms with Gasteiger partial charge in [0.05, 0.1) is 6.67 Å². The summed E-state index contributed by atoms with van der Waals surface area (Å²) in [5.41, 5.74) is 0.244. The number of carbonyl (C=O) groups is 1. The van der Waals surface area contributed by atoms with Crippen LogP contribution in [0.1, 0.15) is 13.8 Å². The number of nitrogens with zero attached hydrogens (tertiary/aromatic N) is 2. The second-order valence-corrected chi connectivity index (χ2v) is 4.17. The van der Waals surface area contributed by atoms with E-state index in [0.717, 1.165) is 26.2 Å². The molecular weight excluding hydrogens is 140 g/mol. The van der Waals surface area contributed by atoms with Crippen LogP contribution in [0.15, 0.2) is 0 Å². The van der Waals surface area contributed by atoms with Crippen LogP contribution in [0.25, 0.3) is 0 Å². The van der Waals surface area contributed by atoms with E-state index in [-0.39, 0.29) is 5.41 Å². The van der Waals surface area contributed by atoms with Gasteiger partial charge in [-0.3, -0.25) is 9.69 Å². The van der Waals surface area contributed by atoms with Gasteiger partial charge in [0.25, 0.3) is 0 Å². The van der Waals surface area contributed by atoms with Gasteiger partial charge in [-0.05, 0) is 12.5 Å². The third-order valence-electron chi connectivity index (χ3n) is 1.90. The molecule has 3 nitrogen and oxygen atoms in total.